The maximum Gasteiger partial charge on any atom is 0.310 e. The van der Waals surface area contributed by atoms with Crippen LogP contribution in [-0.2, 0) is 20.7 Å². The van der Waals surface area contributed by atoms with Crippen molar-refractivity contribution in [3.8, 4) is 0 Å². The van der Waals surface area contributed by atoms with Gasteiger partial charge in [0.1, 0.15) is 0 Å². The summed E-state index contributed by atoms with van der Waals surface area (Å²) in [4.78, 5) is 26.5. The van der Waals surface area contributed by atoms with Crippen LogP contribution in [-0.4, -0.2) is 36.0 Å². The zero-order chi connectivity index (χ0) is 18.2. The third kappa shape index (κ3) is 4.35. The Hall–Kier alpha value is -1.55. The first-order valence-corrected chi connectivity index (χ1v) is 9.23. The lowest BCUT2D eigenvalue weighted by atomic mass is 9.65. The largest absolute Gasteiger partial charge is 0.455 e. The van der Waals surface area contributed by atoms with Gasteiger partial charge in [-0.2, -0.15) is 0 Å². The average Bonchev–Trinajstić information content (AvgIpc) is 2.76. The molecule has 2 fully saturated rings. The van der Waals surface area contributed by atoms with E-state index in [1.807, 2.05) is 4.90 Å². The topological polar surface area (TPSA) is 46.6 Å². The van der Waals surface area contributed by atoms with Gasteiger partial charge < -0.3 is 9.64 Å². The predicted octanol–water partition coefficient (Wildman–Crippen LogP) is 3.85. The van der Waals surface area contributed by atoms with E-state index in [1.165, 1.54) is 0 Å². The maximum absolute atomic E-state index is 12.6. The number of esters is 1. The fourth-order valence-electron chi connectivity index (χ4n) is 4.80. The van der Waals surface area contributed by atoms with Crippen molar-refractivity contribution in [3.63, 3.8) is 0 Å². The first-order valence-electron chi connectivity index (χ1n) is 8.85. The molecule has 1 saturated carbocycles. The lowest BCUT2D eigenvalue weighted by Gasteiger charge is -2.39. The Morgan fingerprint density at radius 2 is 1.88 bits per heavy atom. The predicted molar refractivity (Wildman–Crippen MR) is 97.4 cm³/mol. The Morgan fingerprint density at radius 1 is 1.20 bits per heavy atom. The molecule has 1 aromatic carbocycles. The standard InChI is InChI=1S/C20H26ClNO3/c1-19(2)9-16-10-20(3,12-19)13-22(16)17(23)11-25-18(24)8-14-4-6-15(21)7-5-14/h4-7,16H,8-13H2,1-3H3/t16-,20+/m1/s1. The minimum Gasteiger partial charge on any atom is -0.455 e. The molecule has 0 radical (unpaired) electrons. The summed E-state index contributed by atoms with van der Waals surface area (Å²) in [6, 6.07) is 7.33. The molecular weight excluding hydrogens is 338 g/mol. The Bertz CT molecular complexity index is 670. The van der Waals surface area contributed by atoms with Crippen LogP contribution >= 0.6 is 11.6 Å². The number of benzene rings is 1. The highest BCUT2D eigenvalue weighted by atomic mass is 35.5. The minimum atomic E-state index is -0.385. The molecule has 0 aromatic heterocycles. The lowest BCUT2D eigenvalue weighted by molar-refractivity contribution is -0.152. The van der Waals surface area contributed by atoms with E-state index in [4.69, 9.17) is 16.3 Å². The summed E-state index contributed by atoms with van der Waals surface area (Å²) in [7, 11) is 0. The van der Waals surface area contributed by atoms with E-state index in [2.05, 4.69) is 20.8 Å². The zero-order valence-electron chi connectivity index (χ0n) is 15.2. The number of nitrogens with zero attached hydrogens (tertiary/aromatic N) is 1. The van der Waals surface area contributed by atoms with Crippen LogP contribution in [0, 0.1) is 10.8 Å². The highest BCUT2D eigenvalue weighted by Crippen LogP contribution is 2.52. The Morgan fingerprint density at radius 3 is 2.56 bits per heavy atom. The molecule has 0 unspecified atom stereocenters. The monoisotopic (exact) mass is 363 g/mol. The molecule has 5 heteroatoms. The first-order chi connectivity index (χ1) is 11.7. The molecule has 0 spiro atoms. The zero-order valence-corrected chi connectivity index (χ0v) is 15.9. The molecule has 1 heterocycles. The highest BCUT2D eigenvalue weighted by Gasteiger charge is 2.50. The van der Waals surface area contributed by atoms with Crippen molar-refractivity contribution in [2.45, 2.75) is 52.5 Å². The van der Waals surface area contributed by atoms with Crippen molar-refractivity contribution in [2.24, 2.45) is 10.8 Å². The Labute approximate surface area is 154 Å². The molecular formula is C20H26ClNO3. The summed E-state index contributed by atoms with van der Waals surface area (Å²) >= 11 is 5.83. The van der Waals surface area contributed by atoms with Crippen LogP contribution in [0.2, 0.25) is 5.02 Å². The Kier molecular flexibility index (Phi) is 4.84. The van der Waals surface area contributed by atoms with Crippen molar-refractivity contribution >= 4 is 23.5 Å². The van der Waals surface area contributed by atoms with Crippen LogP contribution in [0.25, 0.3) is 0 Å². The second-order valence-electron chi connectivity index (χ2n) is 8.70. The summed E-state index contributed by atoms with van der Waals surface area (Å²) in [6.07, 6.45) is 3.36. The number of carbonyl (C=O) groups excluding carboxylic acids is 2. The van der Waals surface area contributed by atoms with Gasteiger partial charge in [-0.3, -0.25) is 9.59 Å². The molecule has 1 amide bonds. The number of likely N-dealkylation sites (tertiary alicyclic amines) is 1. The van der Waals surface area contributed by atoms with E-state index < -0.39 is 0 Å². The molecule has 0 N–H and O–H groups in total. The number of hydrogen-bond acceptors (Lipinski definition) is 3. The van der Waals surface area contributed by atoms with E-state index in [9.17, 15) is 9.59 Å². The third-order valence-corrected chi connectivity index (χ3v) is 5.61. The number of fused-ring (bicyclic) bond motifs is 2. The van der Waals surface area contributed by atoms with Gasteiger partial charge in [-0.1, -0.05) is 44.5 Å². The number of ether oxygens (including phenoxy) is 1. The van der Waals surface area contributed by atoms with Crippen molar-refractivity contribution in [3.05, 3.63) is 34.9 Å². The summed E-state index contributed by atoms with van der Waals surface area (Å²) in [5.41, 5.74) is 1.28. The SMILES string of the molecule is CC1(C)C[C@@H]2C[C@](C)(CN2C(=O)COC(=O)Cc2ccc(Cl)cc2)C1. The van der Waals surface area contributed by atoms with E-state index in [0.29, 0.717) is 5.02 Å². The number of hydrogen-bond donors (Lipinski definition) is 0. The van der Waals surface area contributed by atoms with E-state index in [-0.39, 0.29) is 41.8 Å². The molecule has 2 bridgehead atoms. The molecule has 1 aromatic rings. The van der Waals surface area contributed by atoms with Gasteiger partial charge in [0.05, 0.1) is 6.42 Å². The molecule has 2 aliphatic rings. The van der Waals surface area contributed by atoms with Gasteiger partial charge in [-0.25, -0.2) is 0 Å². The number of amides is 1. The van der Waals surface area contributed by atoms with Gasteiger partial charge >= 0.3 is 5.97 Å². The first kappa shape index (κ1) is 18.2. The summed E-state index contributed by atoms with van der Waals surface area (Å²) in [5, 5.41) is 0.629. The molecule has 1 aliphatic heterocycles. The minimum absolute atomic E-state index is 0.0733. The molecule has 4 nitrogen and oxygen atoms in total. The van der Waals surface area contributed by atoms with E-state index in [0.717, 1.165) is 31.4 Å². The number of carbonyl (C=O) groups is 2. The summed E-state index contributed by atoms with van der Waals surface area (Å²) in [6.45, 7) is 7.42. The summed E-state index contributed by atoms with van der Waals surface area (Å²) in [5.74, 6) is -0.458. The quantitative estimate of drug-likeness (QED) is 0.763. The van der Waals surface area contributed by atoms with Crippen molar-refractivity contribution in [2.75, 3.05) is 13.2 Å². The van der Waals surface area contributed by atoms with Crippen LogP contribution in [0.5, 0.6) is 0 Å². The normalized spacial score (nSPS) is 27.2. The van der Waals surface area contributed by atoms with Gasteiger partial charge in [-0.15, -0.1) is 0 Å². The van der Waals surface area contributed by atoms with E-state index >= 15 is 0 Å². The molecule has 1 saturated heterocycles. The Balaban J connectivity index is 1.53. The van der Waals surface area contributed by atoms with Crippen LogP contribution in [0.3, 0.4) is 0 Å². The second-order valence-corrected chi connectivity index (χ2v) is 9.14. The third-order valence-electron chi connectivity index (χ3n) is 5.35. The van der Waals surface area contributed by atoms with Gasteiger partial charge in [0.2, 0.25) is 0 Å². The molecule has 3 rings (SSSR count). The fourth-order valence-corrected chi connectivity index (χ4v) is 4.92. The van der Waals surface area contributed by atoms with Crippen LogP contribution in [0.15, 0.2) is 24.3 Å². The highest BCUT2D eigenvalue weighted by molar-refractivity contribution is 6.30. The van der Waals surface area contributed by atoms with Crippen molar-refractivity contribution in [1.29, 1.82) is 0 Å². The smallest absolute Gasteiger partial charge is 0.310 e. The van der Waals surface area contributed by atoms with Crippen LogP contribution < -0.4 is 0 Å². The maximum atomic E-state index is 12.6. The van der Waals surface area contributed by atoms with Gasteiger partial charge in [0.25, 0.3) is 5.91 Å². The molecule has 1 aliphatic carbocycles. The van der Waals surface area contributed by atoms with Gasteiger partial charge in [0, 0.05) is 17.6 Å². The van der Waals surface area contributed by atoms with Gasteiger partial charge in [0.15, 0.2) is 6.61 Å². The second kappa shape index (κ2) is 6.64. The van der Waals surface area contributed by atoms with Crippen LogP contribution in [0.1, 0.15) is 45.6 Å². The van der Waals surface area contributed by atoms with Crippen molar-refractivity contribution in [1.82, 2.24) is 4.90 Å². The number of rotatable bonds is 4. The van der Waals surface area contributed by atoms with Crippen molar-refractivity contribution < 1.29 is 14.3 Å². The fraction of sp³-hybridized carbons (Fsp3) is 0.600. The van der Waals surface area contributed by atoms with Crippen LogP contribution in [0.4, 0.5) is 0 Å². The lowest BCUT2D eigenvalue weighted by Crippen LogP contribution is -2.39. The van der Waals surface area contributed by atoms with Gasteiger partial charge in [-0.05, 0) is 47.8 Å². The van der Waals surface area contributed by atoms with E-state index in [1.54, 1.807) is 24.3 Å². The number of halogens is 1. The molecule has 2 atom stereocenters. The molecule has 136 valence electrons. The average molecular weight is 364 g/mol. The summed E-state index contributed by atoms with van der Waals surface area (Å²) < 4.78 is 5.22. The molecule has 25 heavy (non-hydrogen) atoms.